The van der Waals surface area contributed by atoms with Crippen LogP contribution in [0.15, 0.2) is 54.6 Å². The molecule has 162 valence electrons. The van der Waals surface area contributed by atoms with Crippen LogP contribution in [0.25, 0.3) is 6.08 Å². The number of fused-ring (bicyclic) bond motifs is 5. The molecule has 5 rings (SSSR count). The topological polar surface area (TPSA) is 46.5 Å². The molecule has 1 N–H and O–H groups in total. The second-order valence-corrected chi connectivity index (χ2v) is 10.0. The zero-order valence-electron chi connectivity index (χ0n) is 18.5. The third-order valence-corrected chi connectivity index (χ3v) is 8.53. The van der Waals surface area contributed by atoms with Gasteiger partial charge in [-0.1, -0.05) is 55.5 Å². The summed E-state index contributed by atoms with van der Waals surface area (Å²) in [5.41, 5.74) is 3.10. The van der Waals surface area contributed by atoms with Crippen molar-refractivity contribution in [3.63, 3.8) is 0 Å². The molecule has 2 fully saturated rings. The van der Waals surface area contributed by atoms with E-state index in [1.54, 1.807) is 0 Å². The van der Waals surface area contributed by atoms with Crippen LogP contribution in [-0.2, 0) is 11.2 Å². The Labute approximate surface area is 185 Å². The van der Waals surface area contributed by atoms with Crippen molar-refractivity contribution in [2.24, 2.45) is 17.3 Å². The van der Waals surface area contributed by atoms with Gasteiger partial charge >= 0.3 is 5.97 Å². The van der Waals surface area contributed by atoms with Gasteiger partial charge < -0.3 is 9.84 Å². The number of aryl methyl sites for hydroxylation is 1. The Kier molecular flexibility index (Phi) is 5.05. The average Bonchev–Trinajstić information content (AvgIpc) is 3.03. The molecule has 3 aliphatic rings. The van der Waals surface area contributed by atoms with Gasteiger partial charge in [0.1, 0.15) is 5.75 Å². The summed E-state index contributed by atoms with van der Waals surface area (Å²) in [5, 5.41) is 11.8. The molecule has 3 aliphatic carbocycles. The van der Waals surface area contributed by atoms with E-state index in [4.69, 9.17) is 4.74 Å². The van der Waals surface area contributed by atoms with Crippen molar-refractivity contribution in [2.45, 2.75) is 63.9 Å². The normalized spacial score (nSPS) is 34.1. The maximum absolute atomic E-state index is 11.8. The van der Waals surface area contributed by atoms with Crippen LogP contribution < -0.4 is 4.74 Å². The number of ether oxygens (including phenoxy) is 1. The number of carbonyl (C=O) groups is 1. The molecule has 3 heteroatoms. The van der Waals surface area contributed by atoms with Crippen molar-refractivity contribution >= 4 is 12.0 Å². The van der Waals surface area contributed by atoms with Crippen LogP contribution in [0.3, 0.4) is 0 Å². The van der Waals surface area contributed by atoms with E-state index in [0.717, 1.165) is 44.1 Å². The molecule has 0 aromatic heterocycles. The van der Waals surface area contributed by atoms with E-state index in [1.165, 1.54) is 18.1 Å². The lowest BCUT2D eigenvalue weighted by Gasteiger charge is -2.52. The summed E-state index contributed by atoms with van der Waals surface area (Å²) >= 11 is 0. The van der Waals surface area contributed by atoms with Crippen LogP contribution >= 0.6 is 0 Å². The van der Waals surface area contributed by atoms with Gasteiger partial charge in [-0.05, 0) is 85.1 Å². The Morgan fingerprint density at radius 2 is 1.90 bits per heavy atom. The minimum atomic E-state index is -0.738. The highest BCUT2D eigenvalue weighted by Gasteiger charge is 2.60. The van der Waals surface area contributed by atoms with Crippen LogP contribution in [0, 0.1) is 17.3 Å². The predicted octanol–water partition coefficient (Wildman–Crippen LogP) is 5.91. The number of aliphatic hydroxyl groups is 1. The fraction of sp³-hybridized carbons (Fsp3) is 0.464. The molecule has 0 spiro atoms. The Hall–Kier alpha value is -2.39. The quantitative estimate of drug-likeness (QED) is 0.500. The van der Waals surface area contributed by atoms with Gasteiger partial charge in [-0.15, -0.1) is 0 Å². The smallest absolute Gasteiger partial charge is 0.308 e. The fourth-order valence-corrected chi connectivity index (χ4v) is 6.91. The van der Waals surface area contributed by atoms with Crippen molar-refractivity contribution in [3.8, 4) is 5.75 Å². The van der Waals surface area contributed by atoms with Gasteiger partial charge in [-0.3, -0.25) is 4.79 Å². The Morgan fingerprint density at radius 3 is 2.68 bits per heavy atom. The second-order valence-electron chi connectivity index (χ2n) is 10.0. The molecule has 2 aromatic carbocycles. The zero-order chi connectivity index (χ0) is 21.6. The molecule has 0 heterocycles. The minimum absolute atomic E-state index is 0.0748. The van der Waals surface area contributed by atoms with Gasteiger partial charge in [0, 0.05) is 12.3 Å². The summed E-state index contributed by atoms with van der Waals surface area (Å²) in [6.45, 7) is 3.78. The lowest BCUT2D eigenvalue weighted by Crippen LogP contribution is -2.49. The molecule has 2 aromatic rings. The van der Waals surface area contributed by atoms with Crippen molar-refractivity contribution in [1.29, 1.82) is 0 Å². The zero-order valence-corrected chi connectivity index (χ0v) is 18.5. The molecule has 31 heavy (non-hydrogen) atoms. The van der Waals surface area contributed by atoms with Crippen molar-refractivity contribution in [1.82, 2.24) is 0 Å². The molecule has 5 atom stereocenters. The van der Waals surface area contributed by atoms with Crippen LogP contribution in [0.2, 0.25) is 0 Å². The summed E-state index contributed by atoms with van der Waals surface area (Å²) in [6, 6.07) is 16.5. The maximum atomic E-state index is 11.8. The number of benzene rings is 2. The predicted molar refractivity (Wildman–Crippen MR) is 123 cm³/mol. The number of carbonyl (C=O) groups excluding carboxylic acids is 1. The Bertz CT molecular complexity index is 1010. The van der Waals surface area contributed by atoms with Crippen LogP contribution in [0.5, 0.6) is 5.75 Å². The van der Waals surface area contributed by atoms with Gasteiger partial charge in [0.25, 0.3) is 0 Å². The Balaban J connectivity index is 1.40. The maximum Gasteiger partial charge on any atom is 0.308 e. The summed E-state index contributed by atoms with van der Waals surface area (Å²) in [7, 11) is 0. The van der Waals surface area contributed by atoms with Crippen molar-refractivity contribution < 1.29 is 14.6 Å². The molecule has 0 radical (unpaired) electrons. The molecule has 0 amide bonds. The van der Waals surface area contributed by atoms with E-state index < -0.39 is 5.60 Å². The Morgan fingerprint density at radius 1 is 1.10 bits per heavy atom. The lowest BCUT2D eigenvalue weighted by molar-refractivity contribution is -0.131. The molecule has 3 nitrogen and oxygen atoms in total. The highest BCUT2D eigenvalue weighted by Crippen LogP contribution is 2.64. The fourth-order valence-electron chi connectivity index (χ4n) is 6.91. The summed E-state index contributed by atoms with van der Waals surface area (Å²) in [5.74, 6) is 2.10. The lowest BCUT2D eigenvalue weighted by atomic mass is 9.53. The minimum Gasteiger partial charge on any atom is -0.427 e. The number of hydrogen-bond donors (Lipinski definition) is 1. The van der Waals surface area contributed by atoms with E-state index in [2.05, 4.69) is 43.3 Å². The monoisotopic (exact) mass is 416 g/mol. The molecule has 0 unspecified atom stereocenters. The standard InChI is InChI=1S/C28H32O3/c1-19(29)31-22-9-11-23-21(18-22)8-10-25-24(23)13-15-27(2)26(25)14-17-28(27,30)16-12-20-6-4-3-5-7-20/h3-7,9,11-12,16,18,24-26,30H,8,10,13-15,17H2,1-2H3/b16-12+/t24-,25-,26+,27+,28+/m1/s1. The van der Waals surface area contributed by atoms with Gasteiger partial charge in [0.15, 0.2) is 0 Å². The summed E-state index contributed by atoms with van der Waals surface area (Å²) in [4.78, 5) is 11.3. The second kappa shape index (κ2) is 7.63. The molecule has 0 aliphatic heterocycles. The van der Waals surface area contributed by atoms with Crippen LogP contribution in [-0.4, -0.2) is 16.7 Å². The molecule has 0 saturated heterocycles. The largest absolute Gasteiger partial charge is 0.427 e. The number of esters is 1. The number of rotatable bonds is 3. The highest BCUT2D eigenvalue weighted by atomic mass is 16.5. The van der Waals surface area contributed by atoms with Crippen molar-refractivity contribution in [3.05, 3.63) is 71.3 Å². The molecule has 2 saturated carbocycles. The van der Waals surface area contributed by atoms with E-state index in [9.17, 15) is 9.90 Å². The molecule has 0 bridgehead atoms. The van der Waals surface area contributed by atoms with Crippen molar-refractivity contribution in [2.75, 3.05) is 0 Å². The third-order valence-electron chi connectivity index (χ3n) is 8.53. The highest BCUT2D eigenvalue weighted by molar-refractivity contribution is 5.69. The first-order chi connectivity index (χ1) is 14.9. The van der Waals surface area contributed by atoms with Crippen LogP contribution in [0.1, 0.15) is 68.6 Å². The molecular weight excluding hydrogens is 384 g/mol. The van der Waals surface area contributed by atoms with E-state index in [1.807, 2.05) is 24.3 Å². The van der Waals surface area contributed by atoms with Gasteiger partial charge in [-0.2, -0.15) is 0 Å². The van der Waals surface area contributed by atoms with Gasteiger partial charge in [0.05, 0.1) is 5.60 Å². The first-order valence-corrected chi connectivity index (χ1v) is 11.7. The summed E-state index contributed by atoms with van der Waals surface area (Å²) < 4.78 is 5.31. The first-order valence-electron chi connectivity index (χ1n) is 11.7. The molecular formula is C28H32O3. The van der Waals surface area contributed by atoms with E-state index in [0.29, 0.717) is 23.5 Å². The SMILES string of the molecule is CC(=O)Oc1ccc2c(c1)CC[C@@H]1[C@@H]2CC[C@@]2(C)[C@H]1CC[C@@]2(O)/C=C/c1ccccc1. The first kappa shape index (κ1) is 20.5. The van der Waals surface area contributed by atoms with Crippen LogP contribution in [0.4, 0.5) is 0 Å². The summed E-state index contributed by atoms with van der Waals surface area (Å²) in [6.07, 6.45) is 10.5. The van der Waals surface area contributed by atoms with Gasteiger partial charge in [-0.25, -0.2) is 0 Å². The number of hydrogen-bond acceptors (Lipinski definition) is 3. The third kappa shape index (κ3) is 3.43. The van der Waals surface area contributed by atoms with E-state index >= 15 is 0 Å². The van der Waals surface area contributed by atoms with Gasteiger partial charge in [0.2, 0.25) is 0 Å². The van der Waals surface area contributed by atoms with E-state index in [-0.39, 0.29) is 11.4 Å². The average molecular weight is 417 g/mol.